The van der Waals surface area contributed by atoms with Crippen LogP contribution in [0.25, 0.3) is 11.1 Å². The SMILES string of the molecule is O=C(O)c1cccnc1C1=C(c2cc(Cl)ccc2OCc2ccc(F)cc2F)CCC1. The Morgan fingerprint density at radius 3 is 2.68 bits per heavy atom. The minimum absolute atomic E-state index is 0.0900. The predicted molar refractivity (Wildman–Crippen MR) is 114 cm³/mol. The van der Waals surface area contributed by atoms with Crippen LogP contribution in [0.5, 0.6) is 5.75 Å². The van der Waals surface area contributed by atoms with Crippen molar-refractivity contribution >= 4 is 28.7 Å². The average molecular weight is 442 g/mol. The molecule has 0 atom stereocenters. The van der Waals surface area contributed by atoms with Gasteiger partial charge in [-0.25, -0.2) is 13.6 Å². The van der Waals surface area contributed by atoms with E-state index >= 15 is 0 Å². The van der Waals surface area contributed by atoms with Crippen molar-refractivity contribution in [3.63, 3.8) is 0 Å². The quantitative estimate of drug-likeness (QED) is 0.481. The Morgan fingerprint density at radius 2 is 1.90 bits per heavy atom. The largest absolute Gasteiger partial charge is 0.488 e. The zero-order valence-electron chi connectivity index (χ0n) is 16.4. The molecule has 0 radical (unpaired) electrons. The number of pyridine rings is 1. The van der Waals surface area contributed by atoms with E-state index in [4.69, 9.17) is 16.3 Å². The molecule has 0 bridgehead atoms. The Labute approximate surface area is 182 Å². The van der Waals surface area contributed by atoms with Crippen molar-refractivity contribution in [1.82, 2.24) is 4.98 Å². The van der Waals surface area contributed by atoms with Crippen LogP contribution >= 0.6 is 11.6 Å². The van der Waals surface area contributed by atoms with Gasteiger partial charge in [-0.2, -0.15) is 0 Å². The number of carboxylic acid groups (broad SMARTS) is 1. The lowest BCUT2D eigenvalue weighted by Crippen LogP contribution is -2.05. The van der Waals surface area contributed by atoms with Gasteiger partial charge in [0.25, 0.3) is 0 Å². The number of allylic oxidation sites excluding steroid dienone is 2. The fourth-order valence-electron chi connectivity index (χ4n) is 3.78. The molecule has 1 aromatic heterocycles. The lowest BCUT2D eigenvalue weighted by atomic mass is 9.97. The molecule has 158 valence electrons. The van der Waals surface area contributed by atoms with Crippen molar-refractivity contribution in [1.29, 1.82) is 0 Å². The number of aromatic nitrogens is 1. The minimum Gasteiger partial charge on any atom is -0.488 e. The lowest BCUT2D eigenvalue weighted by molar-refractivity contribution is 0.0696. The summed E-state index contributed by atoms with van der Waals surface area (Å²) in [5, 5.41) is 10.1. The van der Waals surface area contributed by atoms with Crippen molar-refractivity contribution in [2.24, 2.45) is 0 Å². The maximum Gasteiger partial charge on any atom is 0.337 e. The first-order valence-electron chi connectivity index (χ1n) is 9.71. The smallest absolute Gasteiger partial charge is 0.337 e. The van der Waals surface area contributed by atoms with Gasteiger partial charge < -0.3 is 9.84 Å². The second-order valence-corrected chi connectivity index (χ2v) is 7.62. The van der Waals surface area contributed by atoms with E-state index in [1.807, 2.05) is 0 Å². The molecule has 1 heterocycles. The Balaban J connectivity index is 1.74. The van der Waals surface area contributed by atoms with Crippen molar-refractivity contribution in [2.45, 2.75) is 25.9 Å². The van der Waals surface area contributed by atoms with Gasteiger partial charge in [0.2, 0.25) is 0 Å². The number of ether oxygens (including phenoxy) is 1. The van der Waals surface area contributed by atoms with Crippen molar-refractivity contribution in [2.75, 3.05) is 0 Å². The number of halogens is 3. The van der Waals surface area contributed by atoms with E-state index < -0.39 is 17.6 Å². The summed E-state index contributed by atoms with van der Waals surface area (Å²) in [6, 6.07) is 11.6. The van der Waals surface area contributed by atoms with Crippen LogP contribution in [0.15, 0.2) is 54.7 Å². The first-order chi connectivity index (χ1) is 14.9. The molecule has 7 heteroatoms. The number of hydrogen-bond acceptors (Lipinski definition) is 3. The molecular formula is C24H18ClF2NO3. The highest BCUT2D eigenvalue weighted by Gasteiger charge is 2.25. The van der Waals surface area contributed by atoms with Crippen LogP contribution in [-0.2, 0) is 6.61 Å². The zero-order chi connectivity index (χ0) is 22.0. The number of aromatic carboxylic acids is 1. The second-order valence-electron chi connectivity index (χ2n) is 7.18. The van der Waals surface area contributed by atoms with Crippen LogP contribution in [0.1, 0.15) is 46.4 Å². The third-order valence-corrected chi connectivity index (χ3v) is 5.44. The van der Waals surface area contributed by atoms with Gasteiger partial charge in [-0.1, -0.05) is 11.6 Å². The second kappa shape index (κ2) is 8.86. The molecule has 0 unspecified atom stereocenters. The Kier molecular flexibility index (Phi) is 6.00. The van der Waals surface area contributed by atoms with E-state index in [9.17, 15) is 18.7 Å². The van der Waals surface area contributed by atoms with Gasteiger partial charge in [-0.05, 0) is 72.9 Å². The zero-order valence-corrected chi connectivity index (χ0v) is 17.1. The van der Waals surface area contributed by atoms with Crippen LogP contribution < -0.4 is 4.74 Å². The van der Waals surface area contributed by atoms with E-state index in [-0.39, 0.29) is 17.7 Å². The molecule has 1 aliphatic carbocycles. The molecule has 1 N–H and O–H groups in total. The van der Waals surface area contributed by atoms with Crippen LogP contribution in [0.3, 0.4) is 0 Å². The van der Waals surface area contributed by atoms with Gasteiger partial charge >= 0.3 is 5.97 Å². The van der Waals surface area contributed by atoms with Crippen LogP contribution in [0.4, 0.5) is 8.78 Å². The molecule has 2 aromatic carbocycles. The topological polar surface area (TPSA) is 59.4 Å². The first kappa shape index (κ1) is 21.0. The summed E-state index contributed by atoms with van der Waals surface area (Å²) in [6.45, 7) is -0.0900. The maximum atomic E-state index is 14.0. The monoisotopic (exact) mass is 441 g/mol. The number of hydrogen-bond donors (Lipinski definition) is 1. The van der Waals surface area contributed by atoms with Gasteiger partial charge in [0.05, 0.1) is 11.3 Å². The molecule has 0 saturated carbocycles. The Morgan fingerprint density at radius 1 is 1.10 bits per heavy atom. The maximum absolute atomic E-state index is 14.0. The summed E-state index contributed by atoms with van der Waals surface area (Å²) in [5.41, 5.74) is 3.23. The summed E-state index contributed by atoms with van der Waals surface area (Å²) >= 11 is 6.24. The molecule has 4 nitrogen and oxygen atoms in total. The van der Waals surface area contributed by atoms with Gasteiger partial charge in [-0.15, -0.1) is 0 Å². The van der Waals surface area contributed by atoms with E-state index in [2.05, 4.69) is 4.98 Å². The summed E-state index contributed by atoms with van der Waals surface area (Å²) in [5.74, 6) is -1.90. The minimum atomic E-state index is -1.05. The molecule has 1 aliphatic rings. The van der Waals surface area contributed by atoms with Crippen molar-refractivity contribution < 1.29 is 23.4 Å². The molecule has 3 aromatic rings. The molecule has 31 heavy (non-hydrogen) atoms. The van der Waals surface area contributed by atoms with Crippen LogP contribution in [0.2, 0.25) is 5.02 Å². The first-order valence-corrected chi connectivity index (χ1v) is 10.1. The van der Waals surface area contributed by atoms with Crippen molar-refractivity contribution in [3.05, 3.63) is 93.8 Å². The fraction of sp³-hybridized carbons (Fsp3) is 0.167. The predicted octanol–water partition coefficient (Wildman–Crippen LogP) is 6.39. The summed E-state index contributed by atoms with van der Waals surface area (Å²) in [7, 11) is 0. The molecule has 0 saturated heterocycles. The number of carboxylic acids is 1. The van der Waals surface area contributed by atoms with E-state index in [1.165, 1.54) is 18.2 Å². The third kappa shape index (κ3) is 4.44. The highest BCUT2D eigenvalue weighted by atomic mass is 35.5. The normalized spacial score (nSPS) is 13.5. The molecule has 0 amide bonds. The van der Waals surface area contributed by atoms with Crippen molar-refractivity contribution in [3.8, 4) is 5.75 Å². The summed E-state index contributed by atoms with van der Waals surface area (Å²) in [6.07, 6.45) is 3.77. The summed E-state index contributed by atoms with van der Waals surface area (Å²) < 4.78 is 33.1. The molecule has 0 fully saturated rings. The number of benzene rings is 2. The highest BCUT2D eigenvalue weighted by Crippen LogP contribution is 2.44. The standard InChI is InChI=1S/C24H18ClF2NO3/c25-15-7-9-22(31-13-14-6-8-16(26)12-21(14)27)20(11-15)17-3-1-4-18(17)23-19(24(29)30)5-2-10-28-23/h2,5-12H,1,3-4,13H2,(H,29,30). The van der Waals surface area contributed by atoms with Crippen LogP contribution in [-0.4, -0.2) is 16.1 Å². The summed E-state index contributed by atoms with van der Waals surface area (Å²) in [4.78, 5) is 16.0. The number of nitrogens with zero attached hydrogens (tertiary/aromatic N) is 1. The van der Waals surface area contributed by atoms with Crippen LogP contribution in [0, 0.1) is 11.6 Å². The lowest BCUT2D eigenvalue weighted by Gasteiger charge is -2.16. The van der Waals surface area contributed by atoms with E-state index in [1.54, 1.807) is 30.5 Å². The molecule has 4 rings (SSSR count). The fourth-order valence-corrected chi connectivity index (χ4v) is 3.95. The molecule has 0 aliphatic heterocycles. The number of carbonyl (C=O) groups is 1. The van der Waals surface area contributed by atoms with E-state index in [0.29, 0.717) is 34.9 Å². The highest BCUT2D eigenvalue weighted by molar-refractivity contribution is 6.30. The van der Waals surface area contributed by atoms with Gasteiger partial charge in [-0.3, -0.25) is 4.98 Å². The Hall–Kier alpha value is -3.25. The van der Waals surface area contributed by atoms with E-state index in [0.717, 1.165) is 23.6 Å². The molecular weight excluding hydrogens is 424 g/mol. The third-order valence-electron chi connectivity index (χ3n) is 5.21. The van der Waals surface area contributed by atoms with Gasteiger partial charge in [0.15, 0.2) is 0 Å². The van der Waals surface area contributed by atoms with Gasteiger partial charge in [0, 0.05) is 28.4 Å². The average Bonchev–Trinajstić information content (AvgIpc) is 3.23. The Bertz CT molecular complexity index is 1190. The molecule has 0 spiro atoms. The van der Waals surface area contributed by atoms with Gasteiger partial charge in [0.1, 0.15) is 24.0 Å². The number of rotatable bonds is 6.